The normalized spacial score (nSPS) is 15.5. The van der Waals surface area contributed by atoms with Crippen molar-refractivity contribution in [3.05, 3.63) is 77.5 Å². The van der Waals surface area contributed by atoms with Gasteiger partial charge in [-0.15, -0.1) is 0 Å². The number of anilines is 3. The smallest absolute Gasteiger partial charge is 0.257 e. The van der Waals surface area contributed by atoms with Gasteiger partial charge in [0.15, 0.2) is 0 Å². The van der Waals surface area contributed by atoms with Crippen molar-refractivity contribution >= 4 is 23.1 Å². The van der Waals surface area contributed by atoms with Crippen molar-refractivity contribution in [1.29, 1.82) is 0 Å². The van der Waals surface area contributed by atoms with E-state index in [1.165, 1.54) is 11.3 Å². The number of fused-ring (bicyclic) bond motifs is 1. The number of phenols is 1. The van der Waals surface area contributed by atoms with Crippen LogP contribution in [0.15, 0.2) is 60.8 Å². The third-order valence-corrected chi connectivity index (χ3v) is 4.92. The van der Waals surface area contributed by atoms with Gasteiger partial charge in [0.05, 0.1) is 5.56 Å². The molecule has 1 aliphatic rings. The molecule has 4 rings (SSSR count). The number of rotatable bonds is 3. The lowest BCUT2D eigenvalue weighted by Gasteiger charge is -2.23. The molecule has 1 amide bonds. The maximum atomic E-state index is 12.5. The third-order valence-electron chi connectivity index (χ3n) is 4.92. The van der Waals surface area contributed by atoms with Crippen LogP contribution in [0.4, 0.5) is 17.2 Å². The van der Waals surface area contributed by atoms with Gasteiger partial charge in [0.2, 0.25) is 0 Å². The van der Waals surface area contributed by atoms with Crippen LogP contribution in [0.25, 0.3) is 0 Å². The number of pyridine rings is 1. The molecular formula is C22H21N3O2. The number of nitrogens with zero attached hydrogens (tertiary/aromatic N) is 2. The zero-order valence-corrected chi connectivity index (χ0v) is 15.3. The summed E-state index contributed by atoms with van der Waals surface area (Å²) in [6.07, 6.45) is 2.59. The molecule has 1 aliphatic heterocycles. The number of phenolic OH excluding ortho intramolecular Hbond substituents is 1. The van der Waals surface area contributed by atoms with Crippen molar-refractivity contribution in [2.24, 2.45) is 0 Å². The van der Waals surface area contributed by atoms with Crippen LogP contribution in [0, 0.1) is 6.92 Å². The van der Waals surface area contributed by atoms with Gasteiger partial charge in [-0.25, -0.2) is 4.98 Å². The van der Waals surface area contributed by atoms with Crippen molar-refractivity contribution in [3.63, 3.8) is 0 Å². The van der Waals surface area contributed by atoms with Crippen molar-refractivity contribution in [2.75, 3.05) is 10.2 Å². The second-order valence-corrected chi connectivity index (χ2v) is 6.91. The Morgan fingerprint density at radius 2 is 2.00 bits per heavy atom. The monoisotopic (exact) mass is 359 g/mol. The Balaban J connectivity index is 1.55. The fourth-order valence-electron chi connectivity index (χ4n) is 3.56. The number of carbonyl (C=O) groups excluding carboxylic acids is 1. The SMILES string of the molecule is Cc1cc(O)ccc1NC(=O)c1ccc(N2c3ccccc3CC2C)nc1. The van der Waals surface area contributed by atoms with Crippen LogP contribution in [0.1, 0.15) is 28.4 Å². The van der Waals surface area contributed by atoms with Gasteiger partial charge >= 0.3 is 0 Å². The van der Waals surface area contributed by atoms with E-state index in [1.807, 2.05) is 19.1 Å². The van der Waals surface area contributed by atoms with Crippen LogP contribution in [-0.2, 0) is 6.42 Å². The average Bonchev–Trinajstić information content (AvgIpc) is 3.00. The van der Waals surface area contributed by atoms with E-state index in [-0.39, 0.29) is 11.7 Å². The van der Waals surface area contributed by atoms with Crippen LogP contribution >= 0.6 is 0 Å². The molecular weight excluding hydrogens is 338 g/mol. The topological polar surface area (TPSA) is 65.5 Å². The molecule has 0 saturated carbocycles. The van der Waals surface area contributed by atoms with Crippen LogP contribution in [-0.4, -0.2) is 22.0 Å². The van der Waals surface area contributed by atoms with Crippen molar-refractivity contribution in [1.82, 2.24) is 4.98 Å². The predicted molar refractivity (Wildman–Crippen MR) is 107 cm³/mol. The highest BCUT2D eigenvalue weighted by molar-refractivity contribution is 6.04. The number of nitrogens with one attached hydrogen (secondary N) is 1. The zero-order valence-electron chi connectivity index (χ0n) is 15.3. The molecule has 2 heterocycles. The van der Waals surface area contributed by atoms with E-state index in [1.54, 1.807) is 30.5 Å². The predicted octanol–water partition coefficient (Wildman–Crippen LogP) is 4.43. The quantitative estimate of drug-likeness (QED) is 0.679. The summed E-state index contributed by atoms with van der Waals surface area (Å²) < 4.78 is 0. The zero-order chi connectivity index (χ0) is 19.0. The summed E-state index contributed by atoms with van der Waals surface area (Å²) in [6, 6.07) is 17.2. The fourth-order valence-corrected chi connectivity index (χ4v) is 3.56. The lowest BCUT2D eigenvalue weighted by Crippen LogP contribution is -2.25. The molecule has 27 heavy (non-hydrogen) atoms. The Morgan fingerprint density at radius 1 is 1.19 bits per heavy atom. The fraction of sp³-hybridized carbons (Fsp3) is 0.182. The molecule has 3 aromatic rings. The van der Waals surface area contributed by atoms with Gasteiger partial charge in [0, 0.05) is 23.6 Å². The van der Waals surface area contributed by atoms with E-state index in [0.717, 1.165) is 17.8 Å². The van der Waals surface area contributed by atoms with Gasteiger partial charge in [-0.3, -0.25) is 4.79 Å². The molecule has 0 fully saturated rings. The summed E-state index contributed by atoms with van der Waals surface area (Å²) in [6.45, 7) is 4.01. The van der Waals surface area contributed by atoms with Crippen LogP contribution in [0.3, 0.4) is 0 Å². The summed E-state index contributed by atoms with van der Waals surface area (Å²) in [5, 5.41) is 12.4. The lowest BCUT2D eigenvalue weighted by atomic mass is 10.1. The van der Waals surface area contributed by atoms with E-state index in [2.05, 4.69) is 40.3 Å². The Bertz CT molecular complexity index is 999. The standard InChI is InChI=1S/C22H21N3O2/c1-14-11-18(26)8-9-19(14)24-22(27)17-7-10-21(23-13-17)25-15(2)12-16-5-3-4-6-20(16)25/h3-11,13,15,26H,12H2,1-2H3,(H,24,27). The van der Waals surface area contributed by atoms with E-state index < -0.39 is 0 Å². The number of aryl methyl sites for hydroxylation is 1. The van der Waals surface area contributed by atoms with E-state index in [0.29, 0.717) is 17.3 Å². The van der Waals surface area contributed by atoms with Gasteiger partial charge in [0.1, 0.15) is 11.6 Å². The number of hydrogen-bond acceptors (Lipinski definition) is 4. The number of benzene rings is 2. The van der Waals surface area contributed by atoms with Gasteiger partial charge in [0.25, 0.3) is 5.91 Å². The molecule has 1 unspecified atom stereocenters. The van der Waals surface area contributed by atoms with Crippen molar-refractivity contribution in [2.45, 2.75) is 26.3 Å². The number of amides is 1. The highest BCUT2D eigenvalue weighted by atomic mass is 16.3. The first-order valence-corrected chi connectivity index (χ1v) is 8.97. The minimum atomic E-state index is -0.224. The molecule has 0 aliphatic carbocycles. The molecule has 0 radical (unpaired) electrons. The van der Waals surface area contributed by atoms with E-state index in [9.17, 15) is 9.90 Å². The number of carbonyl (C=O) groups is 1. The number of aromatic hydroxyl groups is 1. The number of hydrogen-bond donors (Lipinski definition) is 2. The number of aromatic nitrogens is 1. The lowest BCUT2D eigenvalue weighted by molar-refractivity contribution is 0.102. The van der Waals surface area contributed by atoms with Crippen molar-refractivity contribution in [3.8, 4) is 5.75 Å². The summed E-state index contributed by atoms with van der Waals surface area (Å²) in [7, 11) is 0. The molecule has 2 aromatic carbocycles. The highest BCUT2D eigenvalue weighted by Gasteiger charge is 2.27. The molecule has 136 valence electrons. The van der Waals surface area contributed by atoms with Crippen LogP contribution < -0.4 is 10.2 Å². The molecule has 0 saturated heterocycles. The summed E-state index contributed by atoms with van der Waals surface area (Å²) in [4.78, 5) is 19.3. The third kappa shape index (κ3) is 3.24. The van der Waals surface area contributed by atoms with Gasteiger partial charge < -0.3 is 15.3 Å². The maximum absolute atomic E-state index is 12.5. The van der Waals surface area contributed by atoms with Gasteiger partial charge in [-0.05, 0) is 67.8 Å². The molecule has 1 aromatic heterocycles. The molecule has 0 spiro atoms. The molecule has 1 atom stereocenters. The molecule has 5 nitrogen and oxygen atoms in total. The minimum Gasteiger partial charge on any atom is -0.508 e. The summed E-state index contributed by atoms with van der Waals surface area (Å²) in [5.41, 5.74) is 4.46. The highest BCUT2D eigenvalue weighted by Crippen LogP contribution is 2.37. The second-order valence-electron chi connectivity index (χ2n) is 6.91. The molecule has 0 bridgehead atoms. The molecule has 2 N–H and O–H groups in total. The first-order chi connectivity index (χ1) is 13.0. The van der Waals surface area contributed by atoms with Crippen molar-refractivity contribution < 1.29 is 9.90 Å². The first-order valence-electron chi connectivity index (χ1n) is 8.97. The van der Waals surface area contributed by atoms with E-state index >= 15 is 0 Å². The number of para-hydroxylation sites is 1. The molecule has 5 heteroatoms. The Hall–Kier alpha value is -3.34. The second kappa shape index (κ2) is 6.76. The maximum Gasteiger partial charge on any atom is 0.257 e. The summed E-state index contributed by atoms with van der Waals surface area (Å²) >= 11 is 0. The largest absolute Gasteiger partial charge is 0.508 e. The Kier molecular flexibility index (Phi) is 4.28. The average molecular weight is 359 g/mol. The van der Waals surface area contributed by atoms with Crippen LogP contribution in [0.2, 0.25) is 0 Å². The Morgan fingerprint density at radius 3 is 2.74 bits per heavy atom. The van der Waals surface area contributed by atoms with Gasteiger partial charge in [-0.2, -0.15) is 0 Å². The minimum absolute atomic E-state index is 0.177. The Labute approximate surface area is 158 Å². The van der Waals surface area contributed by atoms with E-state index in [4.69, 9.17) is 0 Å². The first kappa shape index (κ1) is 17.1. The summed E-state index contributed by atoms with van der Waals surface area (Å²) in [5.74, 6) is 0.791. The van der Waals surface area contributed by atoms with Gasteiger partial charge in [-0.1, -0.05) is 18.2 Å². The van der Waals surface area contributed by atoms with Crippen LogP contribution in [0.5, 0.6) is 5.75 Å².